The quantitative estimate of drug-likeness (QED) is 0.738. The maximum atomic E-state index is 12.9. The molecule has 74 valence electrons. The number of ketones is 1. The molecule has 1 aliphatic carbocycles. The van der Waals surface area contributed by atoms with Crippen LogP contribution in [-0.4, -0.2) is 5.78 Å². The zero-order valence-corrected chi connectivity index (χ0v) is 7.79. The van der Waals surface area contributed by atoms with Gasteiger partial charge in [-0.25, -0.2) is 4.39 Å². The van der Waals surface area contributed by atoms with Gasteiger partial charge in [0.2, 0.25) is 0 Å². The van der Waals surface area contributed by atoms with Crippen molar-refractivity contribution in [3.8, 4) is 0 Å². The topological polar surface area (TPSA) is 43.1 Å². The first-order chi connectivity index (χ1) is 6.60. The van der Waals surface area contributed by atoms with Crippen molar-refractivity contribution in [2.24, 2.45) is 5.73 Å². The highest BCUT2D eigenvalue weighted by atomic mass is 19.1. The first-order valence-electron chi connectivity index (χ1n) is 4.67. The Balaban J connectivity index is 2.34. The second-order valence-electron chi connectivity index (χ2n) is 3.88. The summed E-state index contributed by atoms with van der Waals surface area (Å²) in [7, 11) is 0. The van der Waals surface area contributed by atoms with E-state index in [4.69, 9.17) is 5.73 Å². The maximum absolute atomic E-state index is 12.9. The molecule has 0 amide bonds. The molecule has 1 unspecified atom stereocenters. The molecule has 1 aliphatic rings. The zero-order chi connectivity index (χ0) is 10.2. The lowest BCUT2D eigenvalue weighted by atomic mass is 9.89. The van der Waals surface area contributed by atoms with Crippen molar-refractivity contribution in [2.45, 2.75) is 24.8 Å². The van der Waals surface area contributed by atoms with Gasteiger partial charge in [-0.05, 0) is 24.1 Å². The fraction of sp³-hybridized carbons (Fsp3) is 0.364. The van der Waals surface area contributed by atoms with Crippen molar-refractivity contribution in [1.29, 1.82) is 0 Å². The van der Waals surface area contributed by atoms with E-state index in [1.165, 1.54) is 12.1 Å². The van der Waals surface area contributed by atoms with E-state index < -0.39 is 5.54 Å². The predicted molar refractivity (Wildman–Crippen MR) is 51.1 cm³/mol. The molecule has 2 rings (SSSR count). The summed E-state index contributed by atoms with van der Waals surface area (Å²) in [6.07, 6.45) is 1.46. The van der Waals surface area contributed by atoms with Crippen LogP contribution in [0.25, 0.3) is 0 Å². The van der Waals surface area contributed by atoms with E-state index in [9.17, 15) is 9.18 Å². The maximum Gasteiger partial charge on any atom is 0.135 e. The lowest BCUT2D eigenvalue weighted by Gasteiger charge is -2.22. The number of nitrogens with two attached hydrogens (primary N) is 1. The largest absolute Gasteiger partial charge is 0.321 e. The van der Waals surface area contributed by atoms with Crippen LogP contribution in [0.5, 0.6) is 0 Å². The molecule has 1 aromatic rings. The molecular formula is C11H12FNO. The van der Waals surface area contributed by atoms with Crippen molar-refractivity contribution in [2.75, 3.05) is 0 Å². The zero-order valence-electron chi connectivity index (χ0n) is 7.79. The van der Waals surface area contributed by atoms with E-state index in [1.807, 2.05) is 0 Å². The number of benzene rings is 1. The van der Waals surface area contributed by atoms with E-state index in [1.54, 1.807) is 12.1 Å². The Kier molecular flexibility index (Phi) is 2.11. The summed E-state index contributed by atoms with van der Waals surface area (Å²) in [5.41, 5.74) is 6.14. The van der Waals surface area contributed by atoms with Crippen LogP contribution in [-0.2, 0) is 10.3 Å². The van der Waals surface area contributed by atoms with E-state index in [2.05, 4.69) is 0 Å². The molecule has 0 heterocycles. The highest BCUT2D eigenvalue weighted by molar-refractivity contribution is 5.82. The van der Waals surface area contributed by atoms with Gasteiger partial charge in [-0.3, -0.25) is 4.79 Å². The molecule has 1 saturated carbocycles. The van der Waals surface area contributed by atoms with Gasteiger partial charge >= 0.3 is 0 Å². The highest BCUT2D eigenvalue weighted by Crippen LogP contribution is 2.34. The Hall–Kier alpha value is -1.22. The van der Waals surface area contributed by atoms with Crippen LogP contribution in [0, 0.1) is 5.82 Å². The summed E-state index contributed by atoms with van der Waals surface area (Å²) >= 11 is 0. The Morgan fingerprint density at radius 1 is 1.43 bits per heavy atom. The Morgan fingerprint density at radius 3 is 2.79 bits per heavy atom. The molecular weight excluding hydrogens is 181 g/mol. The van der Waals surface area contributed by atoms with Gasteiger partial charge in [0.1, 0.15) is 11.6 Å². The third kappa shape index (κ3) is 1.55. The van der Waals surface area contributed by atoms with Gasteiger partial charge in [0.25, 0.3) is 0 Å². The summed E-state index contributed by atoms with van der Waals surface area (Å²) in [4.78, 5) is 11.1. The molecule has 0 saturated heterocycles. The predicted octanol–water partition coefficient (Wildman–Crippen LogP) is 1.73. The van der Waals surface area contributed by atoms with Crippen LogP contribution in [0.15, 0.2) is 24.3 Å². The SMILES string of the molecule is NC1(c2cccc(F)c2)CCC(=O)C1. The van der Waals surface area contributed by atoms with E-state index >= 15 is 0 Å². The summed E-state index contributed by atoms with van der Waals surface area (Å²) < 4.78 is 12.9. The van der Waals surface area contributed by atoms with Crippen molar-refractivity contribution in [1.82, 2.24) is 0 Å². The number of hydrogen-bond donors (Lipinski definition) is 1. The molecule has 0 spiro atoms. The molecule has 0 radical (unpaired) electrons. The van der Waals surface area contributed by atoms with Crippen molar-refractivity contribution in [3.63, 3.8) is 0 Å². The average molecular weight is 193 g/mol. The molecule has 2 nitrogen and oxygen atoms in total. The second kappa shape index (κ2) is 3.17. The van der Waals surface area contributed by atoms with Gasteiger partial charge in [0.15, 0.2) is 0 Å². The van der Waals surface area contributed by atoms with Crippen LogP contribution in [0.2, 0.25) is 0 Å². The van der Waals surface area contributed by atoms with Gasteiger partial charge in [-0.15, -0.1) is 0 Å². The third-order valence-electron chi connectivity index (χ3n) is 2.76. The summed E-state index contributed by atoms with van der Waals surface area (Å²) in [6, 6.07) is 6.20. The molecule has 1 aromatic carbocycles. The van der Waals surface area contributed by atoms with E-state index in [0.29, 0.717) is 19.3 Å². The number of rotatable bonds is 1. The number of carbonyl (C=O) groups is 1. The highest BCUT2D eigenvalue weighted by Gasteiger charge is 2.36. The average Bonchev–Trinajstić information content (AvgIpc) is 2.48. The summed E-state index contributed by atoms with van der Waals surface area (Å²) in [5, 5.41) is 0. The minimum absolute atomic E-state index is 0.164. The summed E-state index contributed by atoms with van der Waals surface area (Å²) in [6.45, 7) is 0. The van der Waals surface area contributed by atoms with Gasteiger partial charge in [-0.1, -0.05) is 12.1 Å². The molecule has 0 aliphatic heterocycles. The lowest BCUT2D eigenvalue weighted by Crippen LogP contribution is -2.33. The van der Waals surface area contributed by atoms with Crippen LogP contribution < -0.4 is 5.73 Å². The molecule has 0 aromatic heterocycles. The smallest absolute Gasteiger partial charge is 0.135 e. The molecule has 3 heteroatoms. The number of Topliss-reactive ketones (excluding diaryl/α,β-unsaturated/α-hetero) is 1. The summed E-state index contributed by atoms with van der Waals surface area (Å²) in [5.74, 6) is -0.136. The Morgan fingerprint density at radius 2 is 2.21 bits per heavy atom. The normalized spacial score (nSPS) is 26.9. The minimum atomic E-state index is -0.640. The van der Waals surface area contributed by atoms with E-state index in [-0.39, 0.29) is 11.6 Å². The van der Waals surface area contributed by atoms with Crippen LogP contribution in [0.3, 0.4) is 0 Å². The van der Waals surface area contributed by atoms with Gasteiger partial charge < -0.3 is 5.73 Å². The van der Waals surface area contributed by atoms with Gasteiger partial charge in [-0.2, -0.15) is 0 Å². The Labute approximate surface area is 81.9 Å². The van der Waals surface area contributed by atoms with Crippen molar-refractivity contribution in [3.05, 3.63) is 35.6 Å². The molecule has 0 bridgehead atoms. The Bertz CT molecular complexity index is 377. The number of hydrogen-bond acceptors (Lipinski definition) is 2. The van der Waals surface area contributed by atoms with Crippen LogP contribution in [0.4, 0.5) is 4.39 Å². The molecule has 1 fully saturated rings. The first-order valence-corrected chi connectivity index (χ1v) is 4.67. The fourth-order valence-corrected chi connectivity index (χ4v) is 1.94. The second-order valence-corrected chi connectivity index (χ2v) is 3.88. The molecule has 1 atom stereocenters. The van der Waals surface area contributed by atoms with Crippen molar-refractivity contribution >= 4 is 5.78 Å². The molecule has 2 N–H and O–H groups in total. The fourth-order valence-electron chi connectivity index (χ4n) is 1.94. The standard InChI is InChI=1S/C11H12FNO/c12-9-3-1-2-8(6-9)11(13)5-4-10(14)7-11/h1-3,6H,4-5,7,13H2. The van der Waals surface area contributed by atoms with Gasteiger partial charge in [0.05, 0.1) is 0 Å². The van der Waals surface area contributed by atoms with E-state index in [0.717, 1.165) is 5.56 Å². The monoisotopic (exact) mass is 193 g/mol. The molecule has 14 heavy (non-hydrogen) atoms. The third-order valence-corrected chi connectivity index (χ3v) is 2.76. The van der Waals surface area contributed by atoms with Crippen LogP contribution in [0.1, 0.15) is 24.8 Å². The number of halogens is 1. The number of carbonyl (C=O) groups excluding carboxylic acids is 1. The van der Waals surface area contributed by atoms with Gasteiger partial charge in [0, 0.05) is 18.4 Å². The lowest BCUT2D eigenvalue weighted by molar-refractivity contribution is -0.117. The minimum Gasteiger partial charge on any atom is -0.321 e. The van der Waals surface area contributed by atoms with Crippen LogP contribution >= 0.6 is 0 Å². The van der Waals surface area contributed by atoms with Crippen molar-refractivity contribution < 1.29 is 9.18 Å². The first kappa shape index (κ1) is 9.34.